The number of aromatic nitrogens is 1. The average molecular weight is 242 g/mol. The van der Waals surface area contributed by atoms with Gasteiger partial charge >= 0.3 is 0 Å². The first kappa shape index (κ1) is 12.4. The lowest BCUT2D eigenvalue weighted by Crippen LogP contribution is -2.01. The third-order valence-electron chi connectivity index (χ3n) is 2.89. The molecule has 0 saturated carbocycles. The molecular weight excluding hydrogens is 224 g/mol. The fourth-order valence-corrected chi connectivity index (χ4v) is 1.76. The third kappa shape index (κ3) is 3.00. The molecular formula is C15H18N2O. The Labute approximate surface area is 108 Å². The van der Waals surface area contributed by atoms with E-state index < -0.39 is 0 Å². The minimum absolute atomic E-state index is 0.778. The van der Waals surface area contributed by atoms with Crippen molar-refractivity contribution in [1.29, 1.82) is 0 Å². The van der Waals surface area contributed by atoms with E-state index in [-0.39, 0.29) is 0 Å². The molecule has 0 saturated heterocycles. The standard InChI is InChI=1S/C15H18N2O/c1-11-8-14(18-3)6-7-15(11)17-10-13-5-4-12(2)16-9-13/h4-9,17H,10H2,1-3H3. The predicted molar refractivity (Wildman–Crippen MR) is 74.0 cm³/mol. The number of aryl methyl sites for hydroxylation is 2. The summed E-state index contributed by atoms with van der Waals surface area (Å²) >= 11 is 0. The highest BCUT2D eigenvalue weighted by atomic mass is 16.5. The number of ether oxygens (including phenoxy) is 1. The van der Waals surface area contributed by atoms with Crippen LogP contribution in [0.5, 0.6) is 5.75 Å². The summed E-state index contributed by atoms with van der Waals surface area (Å²) in [6.45, 7) is 4.84. The van der Waals surface area contributed by atoms with Crippen LogP contribution < -0.4 is 10.1 Å². The van der Waals surface area contributed by atoms with Gasteiger partial charge in [-0.15, -0.1) is 0 Å². The molecule has 0 spiro atoms. The molecule has 0 bridgehead atoms. The van der Waals surface area contributed by atoms with E-state index in [1.807, 2.05) is 37.4 Å². The van der Waals surface area contributed by atoms with Crippen molar-refractivity contribution in [3.05, 3.63) is 53.3 Å². The van der Waals surface area contributed by atoms with Crippen LogP contribution in [0.4, 0.5) is 5.69 Å². The monoisotopic (exact) mass is 242 g/mol. The van der Waals surface area contributed by atoms with Gasteiger partial charge in [0.1, 0.15) is 5.75 Å². The largest absolute Gasteiger partial charge is 0.497 e. The molecule has 0 unspecified atom stereocenters. The summed E-state index contributed by atoms with van der Waals surface area (Å²) in [5, 5.41) is 3.40. The summed E-state index contributed by atoms with van der Waals surface area (Å²) < 4.78 is 5.19. The minimum atomic E-state index is 0.778. The van der Waals surface area contributed by atoms with E-state index in [0.717, 1.165) is 23.7 Å². The van der Waals surface area contributed by atoms with Gasteiger partial charge in [-0.25, -0.2) is 0 Å². The quantitative estimate of drug-likeness (QED) is 0.893. The fraction of sp³-hybridized carbons (Fsp3) is 0.267. The van der Waals surface area contributed by atoms with Gasteiger partial charge in [-0.05, 0) is 49.2 Å². The summed E-state index contributed by atoms with van der Waals surface area (Å²) in [4.78, 5) is 4.28. The highest BCUT2D eigenvalue weighted by molar-refractivity contribution is 5.53. The topological polar surface area (TPSA) is 34.1 Å². The van der Waals surface area contributed by atoms with Gasteiger partial charge in [-0.2, -0.15) is 0 Å². The Morgan fingerprint density at radius 2 is 2.00 bits per heavy atom. The van der Waals surface area contributed by atoms with Crippen molar-refractivity contribution in [3.8, 4) is 5.75 Å². The maximum Gasteiger partial charge on any atom is 0.119 e. The lowest BCUT2D eigenvalue weighted by Gasteiger charge is -2.11. The molecule has 0 fully saturated rings. The van der Waals surface area contributed by atoms with Gasteiger partial charge in [-0.1, -0.05) is 6.07 Å². The second kappa shape index (κ2) is 5.54. The number of nitrogens with zero attached hydrogens (tertiary/aromatic N) is 1. The van der Waals surface area contributed by atoms with E-state index >= 15 is 0 Å². The molecule has 1 aromatic carbocycles. The Morgan fingerprint density at radius 1 is 1.17 bits per heavy atom. The maximum atomic E-state index is 5.19. The van der Waals surface area contributed by atoms with Gasteiger partial charge in [0.2, 0.25) is 0 Å². The summed E-state index contributed by atoms with van der Waals surface area (Å²) in [5.41, 5.74) is 4.51. The van der Waals surface area contributed by atoms with E-state index in [1.165, 1.54) is 11.1 Å². The fourth-order valence-electron chi connectivity index (χ4n) is 1.76. The van der Waals surface area contributed by atoms with Crippen LogP contribution >= 0.6 is 0 Å². The molecule has 0 amide bonds. The number of nitrogens with one attached hydrogen (secondary N) is 1. The molecule has 0 radical (unpaired) electrons. The van der Waals surface area contributed by atoms with Crippen molar-refractivity contribution in [1.82, 2.24) is 4.98 Å². The number of pyridine rings is 1. The Bertz CT molecular complexity index is 521. The SMILES string of the molecule is COc1ccc(NCc2ccc(C)nc2)c(C)c1. The number of hydrogen-bond acceptors (Lipinski definition) is 3. The number of anilines is 1. The van der Waals surface area contributed by atoms with Crippen LogP contribution in [-0.4, -0.2) is 12.1 Å². The van der Waals surface area contributed by atoms with Crippen LogP contribution in [0.2, 0.25) is 0 Å². The first-order valence-electron chi connectivity index (χ1n) is 5.99. The van der Waals surface area contributed by atoms with E-state index in [4.69, 9.17) is 4.74 Å². The smallest absolute Gasteiger partial charge is 0.119 e. The first-order valence-corrected chi connectivity index (χ1v) is 5.99. The molecule has 1 aromatic heterocycles. The van der Waals surface area contributed by atoms with Crippen molar-refractivity contribution in [2.24, 2.45) is 0 Å². The molecule has 1 heterocycles. The third-order valence-corrected chi connectivity index (χ3v) is 2.89. The molecule has 2 rings (SSSR count). The van der Waals surface area contributed by atoms with Gasteiger partial charge in [0.15, 0.2) is 0 Å². The van der Waals surface area contributed by atoms with Crippen LogP contribution in [0.25, 0.3) is 0 Å². The average Bonchev–Trinajstić information content (AvgIpc) is 2.39. The molecule has 0 aliphatic carbocycles. The summed E-state index contributed by atoms with van der Waals surface area (Å²) in [6, 6.07) is 10.1. The highest BCUT2D eigenvalue weighted by Gasteiger charge is 2.00. The Morgan fingerprint density at radius 3 is 2.61 bits per heavy atom. The molecule has 0 aliphatic rings. The molecule has 18 heavy (non-hydrogen) atoms. The van der Waals surface area contributed by atoms with Crippen LogP contribution in [0.1, 0.15) is 16.8 Å². The van der Waals surface area contributed by atoms with Crippen molar-refractivity contribution >= 4 is 5.69 Å². The lowest BCUT2D eigenvalue weighted by molar-refractivity contribution is 0.414. The number of hydrogen-bond donors (Lipinski definition) is 1. The molecule has 1 N–H and O–H groups in total. The number of methoxy groups -OCH3 is 1. The molecule has 3 heteroatoms. The summed E-state index contributed by atoms with van der Waals surface area (Å²) in [7, 11) is 1.68. The summed E-state index contributed by atoms with van der Waals surface area (Å²) in [5.74, 6) is 0.884. The van der Waals surface area contributed by atoms with E-state index in [2.05, 4.69) is 23.3 Å². The van der Waals surface area contributed by atoms with Crippen LogP contribution in [0, 0.1) is 13.8 Å². The highest BCUT2D eigenvalue weighted by Crippen LogP contribution is 2.21. The zero-order valence-electron chi connectivity index (χ0n) is 11.0. The van der Waals surface area contributed by atoms with Gasteiger partial charge in [-0.3, -0.25) is 4.98 Å². The van der Waals surface area contributed by atoms with Crippen molar-refractivity contribution in [3.63, 3.8) is 0 Å². The van der Waals surface area contributed by atoms with Crippen LogP contribution in [0.3, 0.4) is 0 Å². The summed E-state index contributed by atoms with van der Waals surface area (Å²) in [6.07, 6.45) is 1.90. The lowest BCUT2D eigenvalue weighted by atomic mass is 10.2. The molecule has 0 atom stereocenters. The molecule has 2 aromatic rings. The van der Waals surface area contributed by atoms with Crippen molar-refractivity contribution in [2.75, 3.05) is 12.4 Å². The second-order valence-electron chi connectivity index (χ2n) is 4.34. The minimum Gasteiger partial charge on any atom is -0.497 e. The Hall–Kier alpha value is -2.03. The normalized spacial score (nSPS) is 10.2. The van der Waals surface area contributed by atoms with Crippen LogP contribution in [0.15, 0.2) is 36.5 Å². The molecule has 3 nitrogen and oxygen atoms in total. The number of benzene rings is 1. The van der Waals surface area contributed by atoms with E-state index in [1.54, 1.807) is 7.11 Å². The first-order chi connectivity index (χ1) is 8.69. The second-order valence-corrected chi connectivity index (χ2v) is 4.34. The van der Waals surface area contributed by atoms with Gasteiger partial charge in [0.25, 0.3) is 0 Å². The molecule has 0 aliphatic heterocycles. The number of rotatable bonds is 4. The molecule has 94 valence electrons. The van der Waals surface area contributed by atoms with E-state index in [9.17, 15) is 0 Å². The van der Waals surface area contributed by atoms with Crippen molar-refractivity contribution in [2.45, 2.75) is 20.4 Å². The predicted octanol–water partition coefficient (Wildman–Crippen LogP) is 3.32. The van der Waals surface area contributed by atoms with E-state index in [0.29, 0.717) is 0 Å². The Kier molecular flexibility index (Phi) is 3.82. The van der Waals surface area contributed by atoms with Gasteiger partial charge in [0, 0.05) is 24.1 Å². The van der Waals surface area contributed by atoms with Crippen LogP contribution in [-0.2, 0) is 6.54 Å². The zero-order chi connectivity index (χ0) is 13.0. The zero-order valence-corrected chi connectivity index (χ0v) is 11.0. The Balaban J connectivity index is 2.04. The van der Waals surface area contributed by atoms with Crippen molar-refractivity contribution < 1.29 is 4.74 Å². The maximum absolute atomic E-state index is 5.19. The van der Waals surface area contributed by atoms with Gasteiger partial charge in [0.05, 0.1) is 7.11 Å². The van der Waals surface area contributed by atoms with Gasteiger partial charge < -0.3 is 10.1 Å².